The lowest BCUT2D eigenvalue weighted by molar-refractivity contribution is 0.128. The molecule has 1 aliphatic rings. The largest absolute Gasteiger partial charge is 0.487 e. The molecule has 1 saturated carbocycles. The number of ether oxygens (including phenoxy) is 1. The zero-order valence-electron chi connectivity index (χ0n) is 6.90. The van der Waals surface area contributed by atoms with E-state index in [-0.39, 0.29) is 0 Å². The van der Waals surface area contributed by atoms with Crippen LogP contribution < -0.4 is 4.74 Å². The van der Waals surface area contributed by atoms with Gasteiger partial charge in [0.2, 0.25) is 0 Å². The summed E-state index contributed by atoms with van der Waals surface area (Å²) in [4.78, 5) is 0.652. The van der Waals surface area contributed by atoms with Crippen LogP contribution in [0.2, 0.25) is 0 Å². The first-order chi connectivity index (χ1) is 5.74. The van der Waals surface area contributed by atoms with Gasteiger partial charge in [-0.3, -0.25) is 4.68 Å². The van der Waals surface area contributed by atoms with Crippen LogP contribution in [0.4, 0.5) is 0 Å². The van der Waals surface area contributed by atoms with Crippen molar-refractivity contribution in [3.05, 3.63) is 12.4 Å². The Morgan fingerprint density at radius 2 is 2.42 bits per heavy atom. The van der Waals surface area contributed by atoms with Crippen molar-refractivity contribution < 1.29 is 4.74 Å². The Morgan fingerprint density at radius 3 is 2.92 bits per heavy atom. The minimum Gasteiger partial charge on any atom is -0.487 e. The van der Waals surface area contributed by atoms with E-state index in [0.29, 0.717) is 10.9 Å². The first-order valence-corrected chi connectivity index (χ1v) is 4.95. The van der Waals surface area contributed by atoms with Gasteiger partial charge in [-0.1, -0.05) is 15.9 Å². The number of hydrogen-bond acceptors (Lipinski definition) is 2. The monoisotopic (exact) mass is 230 g/mol. The minimum absolute atomic E-state index is 0.388. The number of aromatic nitrogens is 2. The Hall–Kier alpha value is -0.510. The van der Waals surface area contributed by atoms with Crippen LogP contribution in [0.5, 0.6) is 5.75 Å². The van der Waals surface area contributed by atoms with Gasteiger partial charge in [0.1, 0.15) is 6.10 Å². The predicted molar refractivity (Wildman–Crippen MR) is 49.6 cm³/mol. The van der Waals surface area contributed by atoms with Gasteiger partial charge >= 0.3 is 0 Å². The van der Waals surface area contributed by atoms with E-state index in [9.17, 15) is 0 Å². The first kappa shape index (κ1) is 8.10. The molecule has 1 fully saturated rings. The van der Waals surface area contributed by atoms with E-state index < -0.39 is 0 Å². The van der Waals surface area contributed by atoms with Gasteiger partial charge in [-0.2, -0.15) is 5.10 Å². The normalized spacial score (nSPS) is 28.2. The van der Waals surface area contributed by atoms with Crippen molar-refractivity contribution in [1.29, 1.82) is 0 Å². The topological polar surface area (TPSA) is 27.1 Å². The summed E-state index contributed by atoms with van der Waals surface area (Å²) < 4.78 is 7.38. The lowest BCUT2D eigenvalue weighted by Crippen LogP contribution is -2.33. The number of nitrogens with zero attached hydrogens (tertiary/aromatic N) is 2. The van der Waals surface area contributed by atoms with Crippen molar-refractivity contribution >= 4 is 15.9 Å². The average Bonchev–Trinajstić information content (AvgIpc) is 2.33. The van der Waals surface area contributed by atoms with Crippen LogP contribution in [-0.2, 0) is 7.05 Å². The fraction of sp³-hybridized carbons (Fsp3) is 0.625. The number of alkyl halides is 1. The number of aryl methyl sites for hydroxylation is 1. The smallest absolute Gasteiger partial charge is 0.157 e. The Kier molecular flexibility index (Phi) is 2.09. The zero-order valence-corrected chi connectivity index (χ0v) is 8.49. The van der Waals surface area contributed by atoms with Gasteiger partial charge in [0, 0.05) is 11.9 Å². The SMILES string of the molecule is Cn1cc(OC2CC(Br)C2)cn1. The molecule has 1 aromatic rings. The highest BCUT2D eigenvalue weighted by Crippen LogP contribution is 2.30. The molecule has 4 heteroatoms. The molecule has 1 aromatic heterocycles. The Bertz CT molecular complexity index is 268. The maximum absolute atomic E-state index is 5.63. The van der Waals surface area contributed by atoms with Crippen LogP contribution in [0, 0.1) is 0 Å². The molecule has 2 rings (SSSR count). The van der Waals surface area contributed by atoms with Crippen LogP contribution in [0.15, 0.2) is 12.4 Å². The van der Waals surface area contributed by atoms with Crippen molar-refractivity contribution in [3.8, 4) is 5.75 Å². The van der Waals surface area contributed by atoms with E-state index in [0.717, 1.165) is 18.6 Å². The van der Waals surface area contributed by atoms with E-state index in [4.69, 9.17) is 4.74 Å². The summed E-state index contributed by atoms with van der Waals surface area (Å²) in [6.07, 6.45) is 6.24. The van der Waals surface area contributed by atoms with Crippen LogP contribution in [-0.4, -0.2) is 20.7 Å². The molecular formula is C8H11BrN2O. The van der Waals surface area contributed by atoms with Gasteiger partial charge in [-0.25, -0.2) is 0 Å². The van der Waals surface area contributed by atoms with Crippen molar-refractivity contribution in [2.75, 3.05) is 0 Å². The summed E-state index contributed by atoms with van der Waals surface area (Å²) in [6, 6.07) is 0. The second kappa shape index (κ2) is 3.09. The number of halogens is 1. The van der Waals surface area contributed by atoms with E-state index in [1.54, 1.807) is 10.9 Å². The molecular weight excluding hydrogens is 220 g/mol. The zero-order chi connectivity index (χ0) is 8.55. The Labute approximate surface area is 79.8 Å². The lowest BCUT2D eigenvalue weighted by Gasteiger charge is -2.30. The molecule has 1 aliphatic carbocycles. The minimum atomic E-state index is 0.388. The third-order valence-corrected chi connectivity index (χ3v) is 2.77. The Morgan fingerprint density at radius 1 is 1.67 bits per heavy atom. The van der Waals surface area contributed by atoms with Gasteiger partial charge in [0.15, 0.2) is 5.75 Å². The van der Waals surface area contributed by atoms with Gasteiger partial charge in [-0.05, 0) is 12.8 Å². The van der Waals surface area contributed by atoms with Gasteiger partial charge in [0.25, 0.3) is 0 Å². The van der Waals surface area contributed by atoms with Gasteiger partial charge in [-0.15, -0.1) is 0 Å². The van der Waals surface area contributed by atoms with Crippen LogP contribution in [0.1, 0.15) is 12.8 Å². The summed E-state index contributed by atoms with van der Waals surface area (Å²) in [5, 5.41) is 4.03. The van der Waals surface area contributed by atoms with E-state index in [2.05, 4.69) is 21.0 Å². The highest BCUT2D eigenvalue weighted by Gasteiger charge is 2.28. The average molecular weight is 231 g/mol. The van der Waals surface area contributed by atoms with Crippen molar-refractivity contribution in [3.63, 3.8) is 0 Å². The number of rotatable bonds is 2. The number of hydrogen-bond donors (Lipinski definition) is 0. The molecule has 0 N–H and O–H groups in total. The van der Waals surface area contributed by atoms with Crippen LogP contribution >= 0.6 is 15.9 Å². The Balaban J connectivity index is 1.88. The molecule has 0 amide bonds. The molecule has 1 heterocycles. The van der Waals surface area contributed by atoms with E-state index in [1.807, 2.05) is 13.2 Å². The molecule has 0 aliphatic heterocycles. The molecule has 12 heavy (non-hydrogen) atoms. The summed E-state index contributed by atoms with van der Waals surface area (Å²) in [7, 11) is 1.89. The van der Waals surface area contributed by atoms with E-state index >= 15 is 0 Å². The van der Waals surface area contributed by atoms with Gasteiger partial charge in [0.05, 0.1) is 12.4 Å². The molecule has 0 spiro atoms. The molecule has 0 atom stereocenters. The molecule has 0 saturated heterocycles. The highest BCUT2D eigenvalue weighted by atomic mass is 79.9. The molecule has 0 radical (unpaired) electrons. The molecule has 0 unspecified atom stereocenters. The fourth-order valence-electron chi connectivity index (χ4n) is 1.25. The second-order valence-electron chi connectivity index (χ2n) is 3.16. The molecule has 3 nitrogen and oxygen atoms in total. The standard InChI is InChI=1S/C8H11BrN2O/c1-11-5-8(4-10-11)12-7-2-6(9)3-7/h4-7H,2-3H2,1H3. The predicted octanol–water partition coefficient (Wildman–Crippen LogP) is 1.72. The summed E-state index contributed by atoms with van der Waals surface area (Å²) in [5.41, 5.74) is 0. The molecule has 0 bridgehead atoms. The van der Waals surface area contributed by atoms with Crippen LogP contribution in [0.3, 0.4) is 0 Å². The fourth-order valence-corrected chi connectivity index (χ4v) is 2.08. The van der Waals surface area contributed by atoms with Crippen LogP contribution in [0.25, 0.3) is 0 Å². The van der Waals surface area contributed by atoms with E-state index in [1.165, 1.54) is 0 Å². The maximum Gasteiger partial charge on any atom is 0.157 e. The molecule has 0 aromatic carbocycles. The van der Waals surface area contributed by atoms with Crippen molar-refractivity contribution in [1.82, 2.24) is 9.78 Å². The summed E-state index contributed by atoms with van der Waals surface area (Å²) >= 11 is 3.52. The highest BCUT2D eigenvalue weighted by molar-refractivity contribution is 9.09. The lowest BCUT2D eigenvalue weighted by atomic mass is 9.96. The van der Waals surface area contributed by atoms with Gasteiger partial charge < -0.3 is 4.74 Å². The molecule has 66 valence electrons. The first-order valence-electron chi connectivity index (χ1n) is 4.03. The summed E-state index contributed by atoms with van der Waals surface area (Å²) in [6.45, 7) is 0. The van der Waals surface area contributed by atoms with Crippen molar-refractivity contribution in [2.45, 2.75) is 23.8 Å². The third-order valence-electron chi connectivity index (χ3n) is 2.02. The maximum atomic E-state index is 5.63. The second-order valence-corrected chi connectivity index (χ2v) is 4.45. The quantitative estimate of drug-likeness (QED) is 0.724. The third kappa shape index (κ3) is 1.63. The van der Waals surface area contributed by atoms with Crippen molar-refractivity contribution in [2.24, 2.45) is 7.05 Å². The summed E-state index contributed by atoms with van der Waals surface area (Å²) in [5.74, 6) is 0.877.